The Labute approximate surface area is 178 Å². The molecule has 156 valence electrons. The Morgan fingerprint density at radius 2 is 1.40 bits per heavy atom. The molecule has 0 saturated carbocycles. The lowest BCUT2D eigenvalue weighted by Gasteiger charge is -2.17. The highest BCUT2D eigenvalue weighted by Gasteiger charge is 2.18. The average Bonchev–Trinajstić information content (AvgIpc) is 2.77. The lowest BCUT2D eigenvalue weighted by atomic mass is 10.1. The molecule has 5 heteroatoms. The number of amides is 1. The first kappa shape index (κ1) is 21.4. The van der Waals surface area contributed by atoms with Gasteiger partial charge in [0, 0.05) is 13.1 Å². The number of ether oxygens (including phenoxy) is 2. The average molecular weight is 405 g/mol. The van der Waals surface area contributed by atoms with Gasteiger partial charge in [-0.25, -0.2) is 0 Å². The van der Waals surface area contributed by atoms with Crippen LogP contribution in [0.3, 0.4) is 0 Å². The summed E-state index contributed by atoms with van der Waals surface area (Å²) in [5.74, 6) is 0.833. The number of nitrogens with zero attached hydrogens (tertiary/aromatic N) is 1. The van der Waals surface area contributed by atoms with Crippen LogP contribution in [0, 0.1) is 0 Å². The summed E-state index contributed by atoms with van der Waals surface area (Å²) in [4.78, 5) is 14.8. The Kier molecular flexibility index (Phi) is 7.86. The fraction of sp³-hybridized carbons (Fsp3) is 0.240. The van der Waals surface area contributed by atoms with Crippen LogP contribution in [-0.4, -0.2) is 38.0 Å². The third-order valence-electron chi connectivity index (χ3n) is 4.53. The molecule has 0 saturated heterocycles. The molecular weight excluding hydrogens is 376 g/mol. The van der Waals surface area contributed by atoms with Crippen LogP contribution in [0.5, 0.6) is 11.5 Å². The molecule has 0 aliphatic heterocycles. The molecule has 0 atom stereocenters. The number of rotatable bonds is 10. The molecule has 1 N–H and O–H groups in total. The summed E-state index contributed by atoms with van der Waals surface area (Å²) in [6.07, 6.45) is 0. The van der Waals surface area contributed by atoms with Crippen LogP contribution >= 0.6 is 0 Å². The van der Waals surface area contributed by atoms with E-state index in [0.717, 1.165) is 17.7 Å². The van der Waals surface area contributed by atoms with E-state index in [1.807, 2.05) is 91.8 Å². The normalized spacial score (nSPS) is 10.6. The minimum Gasteiger partial charge on any atom is -0.485 e. The van der Waals surface area contributed by atoms with Gasteiger partial charge in [-0.3, -0.25) is 4.79 Å². The van der Waals surface area contributed by atoms with Gasteiger partial charge >= 0.3 is 0 Å². The van der Waals surface area contributed by atoms with E-state index in [9.17, 15) is 4.79 Å². The second-order valence-corrected chi connectivity index (χ2v) is 7.24. The number of para-hydroxylation sites is 1. The number of benzene rings is 3. The molecule has 0 unspecified atom stereocenters. The predicted molar refractivity (Wildman–Crippen MR) is 119 cm³/mol. The van der Waals surface area contributed by atoms with Crippen molar-refractivity contribution in [3.63, 3.8) is 0 Å². The molecule has 0 fully saturated rings. The molecule has 0 radical (unpaired) electrons. The molecule has 5 nitrogen and oxygen atoms in total. The van der Waals surface area contributed by atoms with Crippen molar-refractivity contribution >= 4 is 5.91 Å². The van der Waals surface area contributed by atoms with Gasteiger partial charge in [0.15, 0.2) is 11.5 Å². The maximum Gasteiger partial charge on any atom is 0.255 e. The minimum atomic E-state index is -0.176. The largest absolute Gasteiger partial charge is 0.485 e. The second kappa shape index (κ2) is 11.0. The molecule has 0 spiro atoms. The predicted octanol–water partition coefficient (Wildman–Crippen LogP) is 4.14. The molecule has 0 aromatic heterocycles. The Hall–Kier alpha value is -3.31. The molecule has 1 amide bonds. The number of carbonyl (C=O) groups excluding carboxylic acids is 1. The van der Waals surface area contributed by atoms with Crippen LogP contribution in [0.4, 0.5) is 0 Å². The standard InChI is InChI=1S/C25H28N2O3/c1-27(2)17-16-26-25(28)22-14-9-15-23(29-18-20-10-5-3-6-11-20)24(22)30-19-21-12-7-4-8-13-21/h3-15H,16-19H2,1-2H3,(H,26,28). The van der Waals surface area contributed by atoms with E-state index in [0.29, 0.717) is 36.8 Å². The summed E-state index contributed by atoms with van der Waals surface area (Å²) < 4.78 is 12.1. The van der Waals surface area contributed by atoms with E-state index in [-0.39, 0.29) is 5.91 Å². The third-order valence-corrected chi connectivity index (χ3v) is 4.53. The summed E-state index contributed by atoms with van der Waals surface area (Å²) in [5, 5.41) is 2.95. The van der Waals surface area contributed by atoms with Crippen molar-refractivity contribution in [1.29, 1.82) is 0 Å². The number of likely N-dealkylation sites (N-methyl/N-ethyl adjacent to an activating group) is 1. The third kappa shape index (κ3) is 6.36. The van der Waals surface area contributed by atoms with Gasteiger partial charge in [0.2, 0.25) is 0 Å². The smallest absolute Gasteiger partial charge is 0.255 e. The van der Waals surface area contributed by atoms with Crippen LogP contribution in [0.1, 0.15) is 21.5 Å². The van der Waals surface area contributed by atoms with Crippen molar-refractivity contribution in [3.8, 4) is 11.5 Å². The fourth-order valence-corrected chi connectivity index (χ4v) is 2.91. The Morgan fingerprint density at radius 1 is 0.800 bits per heavy atom. The van der Waals surface area contributed by atoms with Crippen molar-refractivity contribution in [2.24, 2.45) is 0 Å². The zero-order valence-corrected chi connectivity index (χ0v) is 17.5. The van der Waals surface area contributed by atoms with Crippen molar-refractivity contribution in [3.05, 3.63) is 95.6 Å². The summed E-state index contributed by atoms with van der Waals surface area (Å²) >= 11 is 0. The maximum atomic E-state index is 12.8. The zero-order chi connectivity index (χ0) is 21.2. The lowest BCUT2D eigenvalue weighted by molar-refractivity contribution is 0.0945. The quantitative estimate of drug-likeness (QED) is 0.552. The van der Waals surface area contributed by atoms with Gasteiger partial charge in [-0.05, 0) is 37.4 Å². The molecular formula is C25H28N2O3. The molecule has 0 heterocycles. The van der Waals surface area contributed by atoms with Crippen molar-refractivity contribution in [1.82, 2.24) is 10.2 Å². The van der Waals surface area contributed by atoms with Crippen LogP contribution in [0.25, 0.3) is 0 Å². The van der Waals surface area contributed by atoms with Gasteiger partial charge in [-0.15, -0.1) is 0 Å². The molecule has 3 aromatic carbocycles. The van der Waals surface area contributed by atoms with Gasteiger partial charge in [-0.2, -0.15) is 0 Å². The highest BCUT2D eigenvalue weighted by Crippen LogP contribution is 2.33. The van der Waals surface area contributed by atoms with Gasteiger partial charge in [0.1, 0.15) is 13.2 Å². The van der Waals surface area contributed by atoms with Crippen LogP contribution in [0.2, 0.25) is 0 Å². The van der Waals surface area contributed by atoms with Gasteiger partial charge < -0.3 is 19.7 Å². The minimum absolute atomic E-state index is 0.176. The Bertz CT molecular complexity index is 928. The first-order chi connectivity index (χ1) is 14.6. The molecule has 3 rings (SSSR count). The molecule has 0 aliphatic rings. The van der Waals surface area contributed by atoms with E-state index < -0.39 is 0 Å². The fourth-order valence-electron chi connectivity index (χ4n) is 2.91. The summed E-state index contributed by atoms with van der Waals surface area (Å²) in [5.41, 5.74) is 2.54. The SMILES string of the molecule is CN(C)CCNC(=O)c1cccc(OCc2ccccc2)c1OCc1ccccc1. The van der Waals surface area contributed by atoms with E-state index in [1.54, 1.807) is 6.07 Å². The topological polar surface area (TPSA) is 50.8 Å². The van der Waals surface area contributed by atoms with E-state index in [4.69, 9.17) is 9.47 Å². The second-order valence-electron chi connectivity index (χ2n) is 7.24. The van der Waals surface area contributed by atoms with Crippen molar-refractivity contribution < 1.29 is 14.3 Å². The summed E-state index contributed by atoms with van der Waals surface area (Å²) in [6.45, 7) is 2.06. The van der Waals surface area contributed by atoms with Crippen molar-refractivity contribution in [2.75, 3.05) is 27.2 Å². The summed E-state index contributed by atoms with van der Waals surface area (Å²) in [6, 6.07) is 25.2. The van der Waals surface area contributed by atoms with E-state index in [1.165, 1.54) is 0 Å². The number of carbonyl (C=O) groups is 1. The first-order valence-electron chi connectivity index (χ1n) is 10.0. The molecule has 30 heavy (non-hydrogen) atoms. The highest BCUT2D eigenvalue weighted by molar-refractivity contribution is 5.97. The van der Waals surface area contributed by atoms with Crippen molar-refractivity contribution in [2.45, 2.75) is 13.2 Å². The Morgan fingerprint density at radius 3 is 2.00 bits per heavy atom. The number of nitrogens with one attached hydrogen (secondary N) is 1. The monoisotopic (exact) mass is 404 g/mol. The zero-order valence-electron chi connectivity index (χ0n) is 17.5. The molecule has 0 aliphatic carbocycles. The lowest BCUT2D eigenvalue weighted by Crippen LogP contribution is -2.31. The van der Waals surface area contributed by atoms with Gasteiger partial charge in [0.05, 0.1) is 5.56 Å². The van der Waals surface area contributed by atoms with Crippen LogP contribution in [0.15, 0.2) is 78.9 Å². The first-order valence-corrected chi connectivity index (χ1v) is 10.0. The van der Waals surface area contributed by atoms with E-state index in [2.05, 4.69) is 5.32 Å². The van der Waals surface area contributed by atoms with Gasteiger partial charge in [0.25, 0.3) is 5.91 Å². The van der Waals surface area contributed by atoms with Crippen LogP contribution < -0.4 is 14.8 Å². The Balaban J connectivity index is 1.79. The number of hydrogen-bond acceptors (Lipinski definition) is 4. The van der Waals surface area contributed by atoms with Crippen LogP contribution in [-0.2, 0) is 13.2 Å². The summed E-state index contributed by atoms with van der Waals surface area (Å²) in [7, 11) is 3.94. The highest BCUT2D eigenvalue weighted by atomic mass is 16.5. The molecule has 0 bridgehead atoms. The maximum absolute atomic E-state index is 12.8. The number of hydrogen-bond donors (Lipinski definition) is 1. The molecule has 3 aromatic rings. The van der Waals surface area contributed by atoms with E-state index >= 15 is 0 Å². The van der Waals surface area contributed by atoms with Gasteiger partial charge in [-0.1, -0.05) is 66.7 Å².